The van der Waals surface area contributed by atoms with Crippen molar-refractivity contribution in [1.82, 2.24) is 4.90 Å². The van der Waals surface area contributed by atoms with Gasteiger partial charge in [-0.1, -0.05) is 24.3 Å². The van der Waals surface area contributed by atoms with Gasteiger partial charge in [0.15, 0.2) is 0 Å². The van der Waals surface area contributed by atoms with Gasteiger partial charge in [0.25, 0.3) is 0 Å². The summed E-state index contributed by atoms with van der Waals surface area (Å²) in [6.45, 7) is 9.55. The van der Waals surface area contributed by atoms with E-state index in [1.54, 1.807) is 0 Å². The quantitative estimate of drug-likeness (QED) is 0.863. The molecule has 1 N–H and O–H groups in total. The molecule has 4 nitrogen and oxygen atoms in total. The molecule has 0 spiro atoms. The fraction of sp³-hybridized carbons (Fsp3) is 0.350. The average Bonchev–Trinajstić information content (AvgIpc) is 2.57. The first kappa shape index (κ1) is 19.1. The minimum Gasteiger partial charge on any atom is -0.368 e. The third-order valence-electron chi connectivity index (χ3n) is 4.75. The van der Waals surface area contributed by atoms with Gasteiger partial charge in [-0.2, -0.15) is 0 Å². The second kappa shape index (κ2) is 8.26. The van der Waals surface area contributed by atoms with Gasteiger partial charge >= 0.3 is 6.03 Å². The van der Waals surface area contributed by atoms with E-state index in [4.69, 9.17) is 0 Å². The molecular formula is C20H26ClN3O. The standard InChI is InChI=1S/C20H25N3O.ClH/c1-15-6-4-8-18(14-15)21-20(24)23-12-10-22(11-13-23)19-9-5-7-16(2)17(19)3;/h4-9,14H,10-13H2,1-3H3,(H,21,24);1H. The average molecular weight is 360 g/mol. The third-order valence-corrected chi connectivity index (χ3v) is 4.75. The van der Waals surface area contributed by atoms with Crippen LogP contribution in [0.15, 0.2) is 42.5 Å². The molecule has 0 aromatic heterocycles. The molecule has 5 heteroatoms. The lowest BCUT2D eigenvalue weighted by Crippen LogP contribution is -2.50. The van der Waals surface area contributed by atoms with Crippen LogP contribution in [0.3, 0.4) is 0 Å². The Hall–Kier alpha value is -2.20. The largest absolute Gasteiger partial charge is 0.368 e. The highest BCUT2D eigenvalue weighted by Gasteiger charge is 2.22. The number of hydrogen-bond acceptors (Lipinski definition) is 2. The smallest absolute Gasteiger partial charge is 0.321 e. The number of piperazine rings is 1. The highest BCUT2D eigenvalue weighted by Crippen LogP contribution is 2.24. The van der Waals surface area contributed by atoms with Gasteiger partial charge in [0.1, 0.15) is 0 Å². The summed E-state index contributed by atoms with van der Waals surface area (Å²) in [5, 5.41) is 3.00. The van der Waals surface area contributed by atoms with E-state index in [0.29, 0.717) is 0 Å². The molecule has 0 bridgehead atoms. The van der Waals surface area contributed by atoms with Gasteiger partial charge in [-0.3, -0.25) is 0 Å². The minimum absolute atomic E-state index is 0. The molecule has 134 valence electrons. The first-order valence-corrected chi connectivity index (χ1v) is 8.48. The number of carbonyl (C=O) groups is 1. The Balaban J connectivity index is 0.00000225. The molecule has 1 aliphatic rings. The van der Waals surface area contributed by atoms with Crippen LogP contribution in [0.1, 0.15) is 16.7 Å². The van der Waals surface area contributed by atoms with Crippen LogP contribution >= 0.6 is 12.4 Å². The van der Waals surface area contributed by atoms with Crippen LogP contribution in [0, 0.1) is 20.8 Å². The second-order valence-electron chi connectivity index (χ2n) is 6.49. The van der Waals surface area contributed by atoms with Gasteiger partial charge in [-0.15, -0.1) is 12.4 Å². The first-order chi connectivity index (χ1) is 11.5. The van der Waals surface area contributed by atoms with Gasteiger partial charge < -0.3 is 15.1 Å². The first-order valence-electron chi connectivity index (χ1n) is 8.48. The van der Waals surface area contributed by atoms with Crippen LogP contribution < -0.4 is 10.2 Å². The van der Waals surface area contributed by atoms with Crippen LogP contribution in [0.5, 0.6) is 0 Å². The predicted molar refractivity (Wildman–Crippen MR) is 107 cm³/mol. The van der Waals surface area contributed by atoms with Crippen molar-refractivity contribution in [3.63, 3.8) is 0 Å². The molecule has 1 aliphatic heterocycles. The van der Waals surface area contributed by atoms with E-state index >= 15 is 0 Å². The minimum atomic E-state index is -0.0128. The van der Waals surface area contributed by atoms with E-state index in [2.05, 4.69) is 42.3 Å². The maximum absolute atomic E-state index is 12.4. The molecule has 2 aromatic carbocycles. The van der Waals surface area contributed by atoms with E-state index < -0.39 is 0 Å². The summed E-state index contributed by atoms with van der Waals surface area (Å²) in [5.74, 6) is 0. The normalized spacial score (nSPS) is 14.0. The summed E-state index contributed by atoms with van der Waals surface area (Å²) in [7, 11) is 0. The summed E-state index contributed by atoms with van der Waals surface area (Å²) in [6, 6.07) is 14.3. The van der Waals surface area contributed by atoms with Crippen LogP contribution in [0.4, 0.5) is 16.2 Å². The zero-order valence-electron chi connectivity index (χ0n) is 15.1. The van der Waals surface area contributed by atoms with E-state index in [1.807, 2.05) is 36.1 Å². The van der Waals surface area contributed by atoms with Crippen LogP contribution in [-0.4, -0.2) is 37.1 Å². The maximum atomic E-state index is 12.4. The summed E-state index contributed by atoms with van der Waals surface area (Å²) in [4.78, 5) is 16.7. The number of benzene rings is 2. The topological polar surface area (TPSA) is 35.6 Å². The van der Waals surface area contributed by atoms with Crippen molar-refractivity contribution in [2.45, 2.75) is 20.8 Å². The Bertz CT molecular complexity index is 739. The van der Waals surface area contributed by atoms with E-state index in [0.717, 1.165) is 37.4 Å². The Morgan fingerprint density at radius 3 is 2.32 bits per heavy atom. The number of anilines is 2. The van der Waals surface area contributed by atoms with Gasteiger partial charge in [-0.25, -0.2) is 4.79 Å². The number of carbonyl (C=O) groups excluding carboxylic acids is 1. The fourth-order valence-corrected chi connectivity index (χ4v) is 3.15. The van der Waals surface area contributed by atoms with Crippen molar-refractivity contribution in [2.24, 2.45) is 0 Å². The lowest BCUT2D eigenvalue weighted by Gasteiger charge is -2.37. The van der Waals surface area contributed by atoms with E-state index in [-0.39, 0.29) is 18.4 Å². The van der Waals surface area contributed by atoms with Crippen molar-refractivity contribution in [2.75, 3.05) is 36.4 Å². The lowest BCUT2D eigenvalue weighted by molar-refractivity contribution is 0.208. The monoisotopic (exact) mass is 359 g/mol. The van der Waals surface area contributed by atoms with E-state index in [1.165, 1.54) is 16.8 Å². The van der Waals surface area contributed by atoms with Crippen molar-refractivity contribution in [3.8, 4) is 0 Å². The molecule has 1 fully saturated rings. The molecule has 2 amide bonds. The highest BCUT2D eigenvalue weighted by molar-refractivity contribution is 5.89. The van der Waals surface area contributed by atoms with Gasteiger partial charge in [0.05, 0.1) is 0 Å². The van der Waals surface area contributed by atoms with Gasteiger partial charge in [0, 0.05) is 37.6 Å². The zero-order valence-corrected chi connectivity index (χ0v) is 15.9. The molecule has 1 heterocycles. The fourth-order valence-electron chi connectivity index (χ4n) is 3.15. The summed E-state index contributed by atoms with van der Waals surface area (Å²) in [5.41, 5.74) is 5.93. The second-order valence-corrected chi connectivity index (χ2v) is 6.49. The highest BCUT2D eigenvalue weighted by atomic mass is 35.5. The molecule has 0 radical (unpaired) electrons. The number of aryl methyl sites for hydroxylation is 2. The van der Waals surface area contributed by atoms with Crippen LogP contribution in [-0.2, 0) is 0 Å². The van der Waals surface area contributed by atoms with Gasteiger partial charge in [0.2, 0.25) is 0 Å². The molecule has 1 saturated heterocycles. The molecule has 0 saturated carbocycles. The molecule has 0 unspecified atom stereocenters. The Kier molecular flexibility index (Phi) is 6.32. The summed E-state index contributed by atoms with van der Waals surface area (Å²) in [6.07, 6.45) is 0. The number of amides is 2. The Labute approximate surface area is 156 Å². The van der Waals surface area contributed by atoms with Crippen LogP contribution in [0.2, 0.25) is 0 Å². The third kappa shape index (κ3) is 4.45. The summed E-state index contributed by atoms with van der Waals surface area (Å²) < 4.78 is 0. The lowest BCUT2D eigenvalue weighted by atomic mass is 10.1. The molecule has 2 aromatic rings. The number of urea groups is 1. The molecule has 0 aliphatic carbocycles. The van der Waals surface area contributed by atoms with Crippen molar-refractivity contribution < 1.29 is 4.79 Å². The zero-order chi connectivity index (χ0) is 17.1. The Morgan fingerprint density at radius 1 is 0.960 bits per heavy atom. The molecule has 0 atom stereocenters. The number of nitrogens with zero attached hydrogens (tertiary/aromatic N) is 2. The van der Waals surface area contributed by atoms with Crippen molar-refractivity contribution in [3.05, 3.63) is 59.2 Å². The Morgan fingerprint density at radius 2 is 1.64 bits per heavy atom. The SMILES string of the molecule is Cc1cccc(NC(=O)N2CCN(c3cccc(C)c3C)CC2)c1.Cl. The number of hydrogen-bond donors (Lipinski definition) is 1. The maximum Gasteiger partial charge on any atom is 0.321 e. The van der Waals surface area contributed by atoms with E-state index in [9.17, 15) is 4.79 Å². The van der Waals surface area contributed by atoms with Crippen molar-refractivity contribution in [1.29, 1.82) is 0 Å². The molecular weight excluding hydrogens is 334 g/mol. The number of nitrogens with one attached hydrogen (secondary N) is 1. The summed E-state index contributed by atoms with van der Waals surface area (Å²) >= 11 is 0. The molecule has 25 heavy (non-hydrogen) atoms. The number of halogens is 1. The predicted octanol–water partition coefficient (Wildman–Crippen LogP) is 4.39. The van der Waals surface area contributed by atoms with Gasteiger partial charge in [-0.05, 0) is 55.7 Å². The van der Waals surface area contributed by atoms with Crippen molar-refractivity contribution >= 4 is 29.8 Å². The number of rotatable bonds is 2. The van der Waals surface area contributed by atoms with Crippen LogP contribution in [0.25, 0.3) is 0 Å². The molecule has 3 rings (SSSR count).